The Balaban J connectivity index is 2.43. The second-order valence-electron chi connectivity index (χ2n) is 4.89. The molecule has 0 aliphatic heterocycles. The Morgan fingerprint density at radius 1 is 1.31 bits per heavy atom. The van der Waals surface area contributed by atoms with E-state index in [2.05, 4.69) is 13.8 Å². The van der Waals surface area contributed by atoms with Crippen LogP contribution in [-0.4, -0.2) is 6.04 Å². The average Bonchev–Trinajstić information content (AvgIpc) is 2.20. The summed E-state index contributed by atoms with van der Waals surface area (Å²) in [4.78, 5) is 0. The van der Waals surface area contributed by atoms with Gasteiger partial charge >= 0.3 is 0 Å². The van der Waals surface area contributed by atoms with Crippen molar-refractivity contribution in [3.8, 4) is 0 Å². The number of nitrogens with two attached hydrogens (primary N) is 1. The van der Waals surface area contributed by atoms with Gasteiger partial charge in [-0.3, -0.25) is 0 Å². The number of hydrogen-bond acceptors (Lipinski definition) is 1. The van der Waals surface area contributed by atoms with Crippen LogP contribution in [0.3, 0.4) is 0 Å². The predicted molar refractivity (Wildman–Crippen MR) is 66.9 cm³/mol. The van der Waals surface area contributed by atoms with Gasteiger partial charge < -0.3 is 5.73 Å². The molecule has 0 spiro atoms. The molecule has 0 aliphatic rings. The van der Waals surface area contributed by atoms with E-state index in [0.29, 0.717) is 5.92 Å². The first kappa shape index (κ1) is 13.2. The topological polar surface area (TPSA) is 26.0 Å². The predicted octanol–water partition coefficient (Wildman–Crippen LogP) is 3.44. The first-order valence-corrected chi connectivity index (χ1v) is 6.01. The summed E-state index contributed by atoms with van der Waals surface area (Å²) in [5.74, 6) is 0.418. The molecule has 1 unspecified atom stereocenters. The number of aryl methyl sites for hydroxylation is 2. The maximum Gasteiger partial charge on any atom is 0.126 e. The molecule has 0 heterocycles. The summed E-state index contributed by atoms with van der Waals surface area (Å²) < 4.78 is 13.5. The van der Waals surface area contributed by atoms with Crippen LogP contribution in [0.5, 0.6) is 0 Å². The molecular weight excluding hydrogens is 201 g/mol. The van der Waals surface area contributed by atoms with Crippen molar-refractivity contribution >= 4 is 0 Å². The quantitative estimate of drug-likeness (QED) is 0.813. The smallest absolute Gasteiger partial charge is 0.126 e. The van der Waals surface area contributed by atoms with Crippen LogP contribution in [-0.2, 0) is 6.42 Å². The van der Waals surface area contributed by atoms with E-state index in [4.69, 9.17) is 5.73 Å². The van der Waals surface area contributed by atoms with Gasteiger partial charge in [0.1, 0.15) is 5.82 Å². The lowest BCUT2D eigenvalue weighted by Gasteiger charge is -2.15. The number of hydrogen-bond donors (Lipinski definition) is 1. The van der Waals surface area contributed by atoms with Crippen LogP contribution in [0.25, 0.3) is 0 Å². The Bertz CT molecular complexity index is 334. The van der Waals surface area contributed by atoms with Gasteiger partial charge in [-0.05, 0) is 49.3 Å². The van der Waals surface area contributed by atoms with Crippen LogP contribution >= 0.6 is 0 Å². The van der Waals surface area contributed by atoms with Crippen molar-refractivity contribution in [3.05, 3.63) is 35.1 Å². The van der Waals surface area contributed by atoms with Gasteiger partial charge in [0.15, 0.2) is 0 Å². The maximum atomic E-state index is 13.5. The lowest BCUT2D eigenvalue weighted by molar-refractivity contribution is 0.450. The zero-order chi connectivity index (χ0) is 12.1. The van der Waals surface area contributed by atoms with Crippen molar-refractivity contribution in [2.45, 2.75) is 46.1 Å². The number of rotatable bonds is 5. The summed E-state index contributed by atoms with van der Waals surface area (Å²) in [6.07, 6.45) is 2.71. The summed E-state index contributed by atoms with van der Waals surface area (Å²) in [7, 11) is 0. The zero-order valence-corrected chi connectivity index (χ0v) is 10.5. The molecule has 1 atom stereocenters. The van der Waals surface area contributed by atoms with Crippen molar-refractivity contribution in [1.29, 1.82) is 0 Å². The standard InChI is InChI=1S/C14H22FN/c1-10(2)14(16)6-4-5-12-8-7-11(3)9-13(12)15/h7-10,14H,4-6,16H2,1-3H3. The Morgan fingerprint density at radius 2 is 2.00 bits per heavy atom. The molecule has 1 nitrogen and oxygen atoms in total. The minimum absolute atomic E-state index is 0.0851. The third kappa shape index (κ3) is 3.93. The van der Waals surface area contributed by atoms with E-state index in [-0.39, 0.29) is 11.9 Å². The molecule has 1 aromatic rings. The van der Waals surface area contributed by atoms with E-state index in [1.54, 1.807) is 6.07 Å². The monoisotopic (exact) mass is 223 g/mol. The third-order valence-electron chi connectivity index (χ3n) is 3.05. The molecule has 1 aromatic carbocycles. The van der Waals surface area contributed by atoms with E-state index in [1.165, 1.54) is 0 Å². The first-order chi connectivity index (χ1) is 7.50. The summed E-state index contributed by atoms with van der Waals surface area (Å²) in [6.45, 7) is 6.15. The van der Waals surface area contributed by atoms with Crippen LogP contribution in [0, 0.1) is 18.7 Å². The lowest BCUT2D eigenvalue weighted by atomic mass is 9.97. The first-order valence-electron chi connectivity index (χ1n) is 6.01. The molecule has 0 saturated carbocycles. The van der Waals surface area contributed by atoms with Crippen molar-refractivity contribution in [1.82, 2.24) is 0 Å². The minimum atomic E-state index is -0.0851. The highest BCUT2D eigenvalue weighted by Crippen LogP contribution is 2.14. The highest BCUT2D eigenvalue weighted by Gasteiger charge is 2.08. The fraction of sp³-hybridized carbons (Fsp3) is 0.571. The van der Waals surface area contributed by atoms with E-state index < -0.39 is 0 Å². The molecule has 2 heteroatoms. The molecular formula is C14H22FN. The molecule has 16 heavy (non-hydrogen) atoms. The summed E-state index contributed by atoms with van der Waals surface area (Å²) >= 11 is 0. The van der Waals surface area contributed by atoms with Crippen LogP contribution in [0.15, 0.2) is 18.2 Å². The molecule has 0 aliphatic carbocycles. The molecule has 0 saturated heterocycles. The maximum absolute atomic E-state index is 13.5. The van der Waals surface area contributed by atoms with E-state index in [1.807, 2.05) is 19.1 Å². The van der Waals surface area contributed by atoms with Crippen molar-refractivity contribution < 1.29 is 4.39 Å². The van der Waals surface area contributed by atoms with Crippen molar-refractivity contribution in [3.63, 3.8) is 0 Å². The van der Waals surface area contributed by atoms with E-state index in [0.717, 1.165) is 30.4 Å². The van der Waals surface area contributed by atoms with Gasteiger partial charge in [-0.15, -0.1) is 0 Å². The summed E-state index contributed by atoms with van der Waals surface area (Å²) in [5.41, 5.74) is 7.73. The van der Waals surface area contributed by atoms with Gasteiger partial charge in [0.05, 0.1) is 0 Å². The fourth-order valence-corrected chi connectivity index (χ4v) is 1.72. The van der Waals surface area contributed by atoms with Crippen LogP contribution in [0.2, 0.25) is 0 Å². The normalized spacial score (nSPS) is 13.1. The average molecular weight is 223 g/mol. The fourth-order valence-electron chi connectivity index (χ4n) is 1.72. The lowest BCUT2D eigenvalue weighted by Crippen LogP contribution is -2.26. The Hall–Kier alpha value is -0.890. The molecule has 0 amide bonds. The summed E-state index contributed by atoms with van der Waals surface area (Å²) in [6, 6.07) is 5.66. The van der Waals surface area contributed by atoms with Gasteiger partial charge in [-0.25, -0.2) is 4.39 Å². The molecule has 2 N–H and O–H groups in total. The second-order valence-corrected chi connectivity index (χ2v) is 4.89. The van der Waals surface area contributed by atoms with Gasteiger partial charge in [-0.2, -0.15) is 0 Å². The SMILES string of the molecule is Cc1ccc(CCCC(N)C(C)C)c(F)c1. The number of halogens is 1. The highest BCUT2D eigenvalue weighted by molar-refractivity contribution is 5.23. The third-order valence-corrected chi connectivity index (χ3v) is 3.05. The largest absolute Gasteiger partial charge is 0.327 e. The molecule has 0 fully saturated rings. The van der Waals surface area contributed by atoms with Gasteiger partial charge in [0, 0.05) is 6.04 Å². The molecule has 90 valence electrons. The molecule has 0 radical (unpaired) electrons. The Morgan fingerprint density at radius 3 is 2.56 bits per heavy atom. The Kier molecular flexibility index (Phi) is 4.94. The van der Waals surface area contributed by atoms with Crippen LogP contribution in [0.1, 0.15) is 37.8 Å². The molecule has 1 rings (SSSR count). The van der Waals surface area contributed by atoms with Gasteiger partial charge in [-0.1, -0.05) is 26.0 Å². The van der Waals surface area contributed by atoms with Crippen LogP contribution < -0.4 is 5.73 Å². The van der Waals surface area contributed by atoms with E-state index in [9.17, 15) is 4.39 Å². The zero-order valence-electron chi connectivity index (χ0n) is 10.5. The highest BCUT2D eigenvalue weighted by atomic mass is 19.1. The van der Waals surface area contributed by atoms with Gasteiger partial charge in [0.2, 0.25) is 0 Å². The van der Waals surface area contributed by atoms with Crippen molar-refractivity contribution in [2.24, 2.45) is 11.7 Å². The second kappa shape index (κ2) is 6.00. The minimum Gasteiger partial charge on any atom is -0.327 e. The Labute approximate surface area is 97.9 Å². The molecule has 0 aromatic heterocycles. The van der Waals surface area contributed by atoms with Crippen LogP contribution in [0.4, 0.5) is 4.39 Å². The molecule has 0 bridgehead atoms. The van der Waals surface area contributed by atoms with E-state index >= 15 is 0 Å². The number of benzene rings is 1. The van der Waals surface area contributed by atoms with Gasteiger partial charge in [0.25, 0.3) is 0 Å². The van der Waals surface area contributed by atoms with Crippen molar-refractivity contribution in [2.75, 3.05) is 0 Å². The summed E-state index contributed by atoms with van der Waals surface area (Å²) in [5, 5.41) is 0.